The number of ether oxygens (including phenoxy) is 1. The van der Waals surface area contributed by atoms with Crippen molar-refractivity contribution in [1.82, 2.24) is 9.55 Å². The van der Waals surface area contributed by atoms with Gasteiger partial charge in [-0.3, -0.25) is 23.7 Å². The number of rotatable bonds is 6. The first-order valence-corrected chi connectivity index (χ1v) is 16.2. The standard InChI is InChI=1S/C29H43N2O8P/c1-16-14-31(27(35)30-26(16)34)25-13-22(33)23(38-25)15-37-40(36)39-24-7-6-20-19-5-4-17-12-18(32)8-10-28(17,2)21(19)9-11-29(20,24)3/h14,17,19-25,33,40H,4-13,15H2,1-3H3,(H,30,34,35)/t17-,19?,20-,21?,22?,23?,24-,25?,28-,29-/m0/s1. The SMILES string of the molecule is Cc1cn(C2CC(O)C(CO[PH](=O)O[C@H]3CC[C@H]4C5CC[C@H]6CC(=O)CC[C@]6(C)C5CC[C@]34C)O2)c(=O)[nH]c1=O. The Morgan fingerprint density at radius 2 is 1.88 bits per heavy atom. The summed E-state index contributed by atoms with van der Waals surface area (Å²) in [6, 6.07) is 0. The van der Waals surface area contributed by atoms with E-state index in [0.717, 1.165) is 51.4 Å². The molecule has 4 saturated carbocycles. The van der Waals surface area contributed by atoms with Crippen molar-refractivity contribution in [2.24, 2.45) is 34.5 Å². The number of aliphatic hydroxyl groups excluding tert-OH is 1. The van der Waals surface area contributed by atoms with Gasteiger partial charge in [0.1, 0.15) is 18.1 Å². The molecule has 6 rings (SSSR count). The van der Waals surface area contributed by atoms with E-state index in [1.54, 1.807) is 6.92 Å². The summed E-state index contributed by atoms with van der Waals surface area (Å²) in [6.45, 7) is 6.23. The van der Waals surface area contributed by atoms with Crippen molar-refractivity contribution in [3.63, 3.8) is 0 Å². The van der Waals surface area contributed by atoms with Gasteiger partial charge in [0, 0.05) is 31.0 Å². The third-order valence-corrected chi connectivity index (χ3v) is 12.5. The number of hydrogen-bond donors (Lipinski definition) is 2. The van der Waals surface area contributed by atoms with Crippen LogP contribution >= 0.6 is 8.25 Å². The number of fused-ring (bicyclic) bond motifs is 5. The van der Waals surface area contributed by atoms with Crippen molar-refractivity contribution in [2.75, 3.05) is 6.61 Å². The Hall–Kier alpha value is -1.58. The van der Waals surface area contributed by atoms with Crippen LogP contribution < -0.4 is 11.2 Å². The molecule has 11 heteroatoms. The Balaban J connectivity index is 1.05. The Kier molecular flexibility index (Phi) is 7.56. The lowest BCUT2D eigenvalue weighted by Gasteiger charge is -2.60. The highest BCUT2D eigenvalue weighted by Crippen LogP contribution is 2.66. The summed E-state index contributed by atoms with van der Waals surface area (Å²) in [7, 11) is -2.83. The van der Waals surface area contributed by atoms with Crippen molar-refractivity contribution >= 4 is 14.0 Å². The van der Waals surface area contributed by atoms with Crippen LogP contribution in [0.3, 0.4) is 0 Å². The van der Waals surface area contributed by atoms with Crippen LogP contribution in [0.4, 0.5) is 0 Å². The third kappa shape index (κ3) is 4.81. The number of ketones is 1. The van der Waals surface area contributed by atoms with Gasteiger partial charge < -0.3 is 18.9 Å². The number of aromatic amines is 1. The zero-order valence-corrected chi connectivity index (χ0v) is 24.7. The Morgan fingerprint density at radius 1 is 1.10 bits per heavy atom. The summed E-state index contributed by atoms with van der Waals surface area (Å²) in [4.78, 5) is 38.3. The Bertz CT molecular complexity index is 1300. The molecule has 0 amide bonds. The van der Waals surface area contributed by atoms with Crippen LogP contribution in [0.5, 0.6) is 0 Å². The maximum absolute atomic E-state index is 13.0. The van der Waals surface area contributed by atoms with Crippen molar-refractivity contribution < 1.29 is 28.3 Å². The van der Waals surface area contributed by atoms with Crippen LogP contribution in [0.25, 0.3) is 0 Å². The fraction of sp³-hybridized carbons (Fsp3) is 0.828. The molecule has 5 aliphatic rings. The fourth-order valence-corrected chi connectivity index (χ4v) is 10.3. The number of aliphatic hydroxyl groups is 1. The van der Waals surface area contributed by atoms with E-state index in [2.05, 4.69) is 18.8 Å². The summed E-state index contributed by atoms with van der Waals surface area (Å²) in [6.07, 6.45) is 7.93. The van der Waals surface area contributed by atoms with Crippen LogP contribution in [0, 0.1) is 41.4 Å². The molecule has 11 atom stereocenters. The minimum atomic E-state index is -2.83. The Labute approximate surface area is 235 Å². The lowest BCUT2D eigenvalue weighted by molar-refractivity contribution is -0.141. The molecular formula is C29H43N2O8P. The van der Waals surface area contributed by atoms with Gasteiger partial charge in [-0.2, -0.15) is 0 Å². The van der Waals surface area contributed by atoms with Crippen LogP contribution in [0.15, 0.2) is 15.8 Å². The summed E-state index contributed by atoms with van der Waals surface area (Å²) < 4.78 is 31.8. The highest BCUT2D eigenvalue weighted by atomic mass is 31.1. The molecule has 10 nitrogen and oxygen atoms in total. The molecule has 2 N–H and O–H groups in total. The van der Waals surface area contributed by atoms with Crippen molar-refractivity contribution in [3.05, 3.63) is 32.6 Å². The third-order valence-electron chi connectivity index (χ3n) is 11.7. The zero-order chi connectivity index (χ0) is 28.4. The van der Waals surface area contributed by atoms with E-state index in [9.17, 15) is 24.1 Å². The van der Waals surface area contributed by atoms with Gasteiger partial charge in [-0.05, 0) is 86.4 Å². The lowest BCUT2D eigenvalue weighted by atomic mass is 9.45. The van der Waals surface area contributed by atoms with Crippen LogP contribution in [0.1, 0.15) is 89.8 Å². The van der Waals surface area contributed by atoms with Gasteiger partial charge in [0.05, 0.1) is 18.8 Å². The molecule has 4 aliphatic carbocycles. The van der Waals surface area contributed by atoms with Gasteiger partial charge in [-0.15, -0.1) is 0 Å². The van der Waals surface area contributed by atoms with Gasteiger partial charge >= 0.3 is 13.9 Å². The summed E-state index contributed by atoms with van der Waals surface area (Å²) >= 11 is 0. The van der Waals surface area contributed by atoms with Gasteiger partial charge in [0.15, 0.2) is 0 Å². The molecule has 40 heavy (non-hydrogen) atoms. The number of carbonyl (C=O) groups is 1. The zero-order valence-electron chi connectivity index (χ0n) is 23.7. The maximum Gasteiger partial charge on any atom is 0.330 e. The minimum Gasteiger partial charge on any atom is -0.390 e. The molecule has 0 radical (unpaired) electrons. The van der Waals surface area contributed by atoms with Gasteiger partial charge in [0.2, 0.25) is 0 Å². The molecule has 1 aromatic rings. The van der Waals surface area contributed by atoms with E-state index < -0.39 is 37.9 Å². The predicted molar refractivity (Wildman–Crippen MR) is 147 cm³/mol. The van der Waals surface area contributed by atoms with Gasteiger partial charge in [-0.25, -0.2) is 4.79 Å². The number of Topliss-reactive ketones (excluding diaryl/α,β-unsaturated/α-hetero) is 1. The van der Waals surface area contributed by atoms with E-state index in [1.807, 2.05) is 0 Å². The van der Waals surface area contributed by atoms with Crippen LogP contribution in [-0.4, -0.2) is 45.4 Å². The van der Waals surface area contributed by atoms with Gasteiger partial charge in [0.25, 0.3) is 5.56 Å². The first kappa shape index (κ1) is 28.5. The molecule has 1 aliphatic heterocycles. The average Bonchev–Trinajstić information content (AvgIpc) is 3.44. The predicted octanol–water partition coefficient (Wildman–Crippen LogP) is 3.90. The number of H-pyrrole nitrogens is 1. The minimum absolute atomic E-state index is 0.0454. The van der Waals surface area contributed by atoms with E-state index in [-0.39, 0.29) is 30.0 Å². The molecule has 0 bridgehead atoms. The number of carbonyl (C=O) groups excluding carboxylic acids is 1. The molecule has 0 aromatic carbocycles. The second-order valence-corrected chi connectivity index (χ2v) is 14.6. The normalized spacial score (nSPS) is 43.6. The number of hydrogen-bond acceptors (Lipinski definition) is 8. The topological polar surface area (TPSA) is 137 Å². The quantitative estimate of drug-likeness (QED) is 0.485. The molecule has 5 fully saturated rings. The molecular weight excluding hydrogens is 535 g/mol. The molecule has 1 aromatic heterocycles. The van der Waals surface area contributed by atoms with E-state index in [4.69, 9.17) is 13.8 Å². The first-order chi connectivity index (χ1) is 19.0. The molecule has 6 unspecified atom stereocenters. The molecule has 2 heterocycles. The summed E-state index contributed by atoms with van der Waals surface area (Å²) in [5.74, 6) is 2.77. The maximum atomic E-state index is 13.0. The van der Waals surface area contributed by atoms with Crippen molar-refractivity contribution in [3.8, 4) is 0 Å². The number of aryl methyl sites for hydroxylation is 1. The van der Waals surface area contributed by atoms with Crippen LogP contribution in [-0.2, 0) is 23.1 Å². The van der Waals surface area contributed by atoms with Crippen molar-refractivity contribution in [1.29, 1.82) is 0 Å². The lowest BCUT2D eigenvalue weighted by Crippen LogP contribution is -2.54. The smallest absolute Gasteiger partial charge is 0.330 e. The average molecular weight is 579 g/mol. The molecule has 222 valence electrons. The summed E-state index contributed by atoms with van der Waals surface area (Å²) in [5, 5.41) is 10.5. The summed E-state index contributed by atoms with van der Waals surface area (Å²) in [5.41, 5.74) is -0.490. The van der Waals surface area contributed by atoms with E-state index in [1.165, 1.54) is 17.2 Å². The van der Waals surface area contributed by atoms with E-state index in [0.29, 0.717) is 35.0 Å². The number of nitrogens with one attached hydrogen (secondary N) is 1. The Morgan fingerprint density at radius 3 is 2.67 bits per heavy atom. The number of nitrogens with zero attached hydrogens (tertiary/aromatic N) is 1. The highest BCUT2D eigenvalue weighted by molar-refractivity contribution is 7.33. The van der Waals surface area contributed by atoms with Gasteiger partial charge in [-0.1, -0.05) is 13.8 Å². The van der Waals surface area contributed by atoms with E-state index >= 15 is 0 Å². The first-order valence-electron chi connectivity index (χ1n) is 15.0. The molecule has 1 saturated heterocycles. The number of aromatic nitrogens is 2. The molecule has 0 spiro atoms. The second kappa shape index (κ2) is 10.6. The second-order valence-electron chi connectivity index (χ2n) is 13.6. The van der Waals surface area contributed by atoms with Crippen LogP contribution in [0.2, 0.25) is 0 Å². The fourth-order valence-electron chi connectivity index (χ4n) is 9.33. The monoisotopic (exact) mass is 578 g/mol. The largest absolute Gasteiger partial charge is 0.390 e. The highest BCUT2D eigenvalue weighted by Gasteiger charge is 2.60. The van der Waals surface area contributed by atoms with Crippen molar-refractivity contribution in [2.45, 2.75) is 110 Å².